The fraction of sp³-hybridized carbons (Fsp3) is 0.632. The highest BCUT2D eigenvalue weighted by atomic mass is 16.2. The average Bonchev–Trinajstić information content (AvgIpc) is 3.22. The first kappa shape index (κ1) is 17.3. The summed E-state index contributed by atoms with van der Waals surface area (Å²) in [6.45, 7) is 5.29. The van der Waals surface area contributed by atoms with Gasteiger partial charge in [-0.1, -0.05) is 0 Å². The van der Waals surface area contributed by atoms with Gasteiger partial charge >= 0.3 is 0 Å². The van der Waals surface area contributed by atoms with E-state index in [0.717, 1.165) is 64.2 Å². The van der Waals surface area contributed by atoms with Crippen LogP contribution >= 0.6 is 0 Å². The van der Waals surface area contributed by atoms with Crippen molar-refractivity contribution in [2.45, 2.75) is 31.7 Å². The van der Waals surface area contributed by atoms with Gasteiger partial charge in [-0.3, -0.25) is 9.59 Å². The average molecular weight is 357 g/mol. The Labute approximate surface area is 154 Å². The number of piperidine rings is 1. The fourth-order valence-corrected chi connectivity index (χ4v) is 4.32. The highest BCUT2D eigenvalue weighted by Gasteiger charge is 2.33. The molecule has 140 valence electrons. The lowest BCUT2D eigenvalue weighted by atomic mass is 10.0. The molecule has 0 spiro atoms. The number of aromatic nitrogens is 1. The van der Waals surface area contributed by atoms with Crippen LogP contribution in [0.15, 0.2) is 18.3 Å². The lowest BCUT2D eigenvalue weighted by molar-refractivity contribution is -0.135. The number of amides is 2. The van der Waals surface area contributed by atoms with Gasteiger partial charge in [-0.05, 0) is 37.8 Å². The van der Waals surface area contributed by atoms with Crippen LogP contribution in [-0.2, 0) is 4.79 Å². The van der Waals surface area contributed by atoms with Crippen LogP contribution in [0.1, 0.15) is 36.0 Å². The number of hydrogen-bond donors (Lipinski definition) is 1. The summed E-state index contributed by atoms with van der Waals surface area (Å²) in [6.07, 6.45) is 5.99. The summed E-state index contributed by atoms with van der Waals surface area (Å²) in [4.78, 5) is 36.0. The smallest absolute Gasteiger partial charge is 0.257 e. The molecule has 3 fully saturated rings. The SMILES string of the molecule is O=C(c1cccnc1N1CCCC1)N1CCCC(N2CCNCC2=O)C1. The van der Waals surface area contributed by atoms with E-state index in [1.807, 2.05) is 21.9 Å². The van der Waals surface area contributed by atoms with Crippen LogP contribution in [0.25, 0.3) is 0 Å². The third kappa shape index (κ3) is 3.40. The number of piperazine rings is 1. The Kier molecular flexibility index (Phi) is 5.06. The monoisotopic (exact) mass is 357 g/mol. The third-order valence-corrected chi connectivity index (χ3v) is 5.67. The second kappa shape index (κ2) is 7.61. The van der Waals surface area contributed by atoms with Gasteiger partial charge in [0, 0.05) is 51.5 Å². The van der Waals surface area contributed by atoms with Crippen molar-refractivity contribution in [1.29, 1.82) is 0 Å². The van der Waals surface area contributed by atoms with Gasteiger partial charge in [0.15, 0.2) is 0 Å². The van der Waals surface area contributed by atoms with Crippen molar-refractivity contribution in [2.75, 3.05) is 50.7 Å². The van der Waals surface area contributed by atoms with Crippen molar-refractivity contribution >= 4 is 17.6 Å². The third-order valence-electron chi connectivity index (χ3n) is 5.67. The zero-order valence-corrected chi connectivity index (χ0v) is 15.2. The number of rotatable bonds is 3. The molecule has 26 heavy (non-hydrogen) atoms. The van der Waals surface area contributed by atoms with Crippen molar-refractivity contribution in [3.63, 3.8) is 0 Å². The van der Waals surface area contributed by atoms with E-state index in [2.05, 4.69) is 15.2 Å². The Hall–Kier alpha value is -2.15. The van der Waals surface area contributed by atoms with Gasteiger partial charge in [0.05, 0.1) is 12.1 Å². The summed E-state index contributed by atoms with van der Waals surface area (Å²) < 4.78 is 0. The number of pyridine rings is 1. The van der Waals surface area contributed by atoms with E-state index in [1.54, 1.807) is 6.20 Å². The number of carbonyl (C=O) groups is 2. The quantitative estimate of drug-likeness (QED) is 0.863. The Morgan fingerprint density at radius 1 is 1.15 bits per heavy atom. The lowest BCUT2D eigenvalue weighted by Gasteiger charge is -2.41. The molecule has 1 unspecified atom stereocenters. The molecule has 0 bridgehead atoms. The van der Waals surface area contributed by atoms with E-state index >= 15 is 0 Å². The Bertz CT molecular complexity index is 674. The van der Waals surface area contributed by atoms with E-state index in [0.29, 0.717) is 18.7 Å². The summed E-state index contributed by atoms with van der Waals surface area (Å²) in [5.74, 6) is 1.01. The van der Waals surface area contributed by atoms with E-state index in [1.165, 1.54) is 0 Å². The number of anilines is 1. The number of likely N-dealkylation sites (tertiary alicyclic amines) is 1. The van der Waals surface area contributed by atoms with Gasteiger partial charge in [-0.15, -0.1) is 0 Å². The molecule has 3 aliphatic heterocycles. The highest BCUT2D eigenvalue weighted by molar-refractivity contribution is 5.99. The summed E-state index contributed by atoms with van der Waals surface area (Å²) >= 11 is 0. The molecule has 7 heteroatoms. The first-order valence-corrected chi connectivity index (χ1v) is 9.73. The first-order valence-electron chi connectivity index (χ1n) is 9.73. The summed E-state index contributed by atoms with van der Waals surface area (Å²) in [5.41, 5.74) is 0.696. The second-order valence-corrected chi connectivity index (χ2v) is 7.38. The zero-order chi connectivity index (χ0) is 17.9. The molecule has 3 aliphatic rings. The molecule has 0 radical (unpaired) electrons. The van der Waals surface area contributed by atoms with Crippen LogP contribution in [-0.4, -0.2) is 78.5 Å². The minimum atomic E-state index is 0.0484. The van der Waals surface area contributed by atoms with Crippen molar-refractivity contribution in [3.05, 3.63) is 23.9 Å². The molecule has 3 saturated heterocycles. The molecule has 7 nitrogen and oxygen atoms in total. The highest BCUT2D eigenvalue weighted by Crippen LogP contribution is 2.25. The van der Waals surface area contributed by atoms with Gasteiger partial charge in [-0.2, -0.15) is 0 Å². The molecular formula is C19H27N5O2. The lowest BCUT2D eigenvalue weighted by Crippen LogP contribution is -2.57. The number of nitrogens with zero attached hydrogens (tertiary/aromatic N) is 4. The minimum Gasteiger partial charge on any atom is -0.356 e. The van der Waals surface area contributed by atoms with Crippen molar-refractivity contribution in [2.24, 2.45) is 0 Å². The van der Waals surface area contributed by atoms with Crippen LogP contribution in [0.3, 0.4) is 0 Å². The predicted molar refractivity (Wildman–Crippen MR) is 99.2 cm³/mol. The normalized spacial score (nSPS) is 24.2. The molecule has 0 saturated carbocycles. The van der Waals surface area contributed by atoms with Crippen LogP contribution in [0.2, 0.25) is 0 Å². The molecule has 4 heterocycles. The van der Waals surface area contributed by atoms with Crippen LogP contribution < -0.4 is 10.2 Å². The Balaban J connectivity index is 1.50. The predicted octanol–water partition coefficient (Wildman–Crippen LogP) is 0.718. The number of hydrogen-bond acceptors (Lipinski definition) is 5. The van der Waals surface area contributed by atoms with Gasteiger partial charge in [0.25, 0.3) is 5.91 Å². The molecular weight excluding hydrogens is 330 g/mol. The molecule has 1 N–H and O–H groups in total. The van der Waals surface area contributed by atoms with Gasteiger partial charge in [0.1, 0.15) is 5.82 Å². The molecule has 1 aromatic rings. The Morgan fingerprint density at radius 2 is 2.00 bits per heavy atom. The van der Waals surface area contributed by atoms with Crippen LogP contribution in [0.4, 0.5) is 5.82 Å². The van der Waals surface area contributed by atoms with Crippen molar-refractivity contribution in [3.8, 4) is 0 Å². The zero-order valence-electron chi connectivity index (χ0n) is 15.2. The maximum atomic E-state index is 13.2. The molecule has 1 aromatic heterocycles. The molecule has 1 atom stereocenters. The maximum absolute atomic E-state index is 13.2. The topological polar surface area (TPSA) is 68.8 Å². The van der Waals surface area contributed by atoms with Gasteiger partial charge in [-0.25, -0.2) is 4.98 Å². The van der Waals surface area contributed by atoms with Crippen LogP contribution in [0.5, 0.6) is 0 Å². The van der Waals surface area contributed by atoms with E-state index in [4.69, 9.17) is 0 Å². The van der Waals surface area contributed by atoms with Gasteiger partial charge in [0.2, 0.25) is 5.91 Å². The first-order chi connectivity index (χ1) is 12.7. The number of carbonyl (C=O) groups excluding carboxylic acids is 2. The van der Waals surface area contributed by atoms with E-state index in [9.17, 15) is 9.59 Å². The van der Waals surface area contributed by atoms with Crippen molar-refractivity contribution in [1.82, 2.24) is 20.1 Å². The standard InChI is InChI=1S/C19H27N5O2/c25-17-13-20-8-12-24(17)15-5-4-11-23(14-15)19(26)16-6-3-7-21-18(16)22-9-1-2-10-22/h3,6-7,15,20H,1-2,4-5,8-14H2. The minimum absolute atomic E-state index is 0.0484. The second-order valence-electron chi connectivity index (χ2n) is 7.38. The van der Waals surface area contributed by atoms with Crippen LogP contribution in [0, 0.1) is 0 Å². The molecule has 4 rings (SSSR count). The van der Waals surface area contributed by atoms with Crippen molar-refractivity contribution < 1.29 is 9.59 Å². The summed E-state index contributed by atoms with van der Waals surface area (Å²) in [5, 5.41) is 3.12. The molecule has 2 amide bonds. The molecule has 0 aromatic carbocycles. The van der Waals surface area contributed by atoms with E-state index < -0.39 is 0 Å². The summed E-state index contributed by atoms with van der Waals surface area (Å²) in [6, 6.07) is 3.87. The Morgan fingerprint density at radius 3 is 2.81 bits per heavy atom. The van der Waals surface area contributed by atoms with Gasteiger partial charge < -0.3 is 20.0 Å². The maximum Gasteiger partial charge on any atom is 0.257 e. The largest absolute Gasteiger partial charge is 0.356 e. The number of nitrogens with one attached hydrogen (secondary N) is 1. The fourth-order valence-electron chi connectivity index (χ4n) is 4.32. The molecule has 0 aliphatic carbocycles. The summed E-state index contributed by atoms with van der Waals surface area (Å²) in [7, 11) is 0. The van der Waals surface area contributed by atoms with E-state index in [-0.39, 0.29) is 17.9 Å².